The van der Waals surface area contributed by atoms with E-state index in [1.54, 1.807) is 0 Å². The summed E-state index contributed by atoms with van der Waals surface area (Å²) >= 11 is 0. The van der Waals surface area contributed by atoms with Gasteiger partial charge in [0.25, 0.3) is 5.91 Å². The molecule has 0 spiro atoms. The van der Waals surface area contributed by atoms with Crippen molar-refractivity contribution in [2.75, 3.05) is 0 Å². The summed E-state index contributed by atoms with van der Waals surface area (Å²) < 4.78 is 5.53. The topological polar surface area (TPSA) is 54.3 Å². The van der Waals surface area contributed by atoms with Gasteiger partial charge in [0.1, 0.15) is 11.3 Å². The summed E-state index contributed by atoms with van der Waals surface area (Å²) in [6.07, 6.45) is 3.48. The molecule has 3 heterocycles. The molecule has 1 aromatic heterocycles. The number of aryl methyl sites for hydroxylation is 1. The van der Waals surface area contributed by atoms with E-state index in [9.17, 15) is 4.79 Å². The molecule has 1 aromatic carbocycles. The molecule has 20 heavy (non-hydrogen) atoms. The zero-order valence-electron chi connectivity index (χ0n) is 11.5. The molecule has 104 valence electrons. The Morgan fingerprint density at radius 1 is 1.35 bits per heavy atom. The van der Waals surface area contributed by atoms with Gasteiger partial charge in [-0.05, 0) is 50.5 Å². The Labute approximate surface area is 117 Å². The lowest BCUT2D eigenvalue weighted by molar-refractivity contribution is 0.0931. The van der Waals surface area contributed by atoms with E-state index in [1.165, 1.54) is 12.8 Å². The number of fused-ring (bicyclic) bond motifs is 3. The molecule has 4 rings (SSSR count). The summed E-state index contributed by atoms with van der Waals surface area (Å²) in [5.41, 5.74) is 1.54. The average Bonchev–Trinajstić information content (AvgIpc) is 3.10. The van der Waals surface area contributed by atoms with Gasteiger partial charge in [0.05, 0.1) is 0 Å². The molecule has 0 unspecified atom stereocenters. The first-order chi connectivity index (χ1) is 9.69. The minimum absolute atomic E-state index is 0.0186. The molecule has 2 aliphatic rings. The minimum Gasteiger partial charge on any atom is -0.461 e. The van der Waals surface area contributed by atoms with Gasteiger partial charge in [0, 0.05) is 29.1 Å². The van der Waals surface area contributed by atoms with Crippen molar-refractivity contribution in [3.63, 3.8) is 0 Å². The van der Waals surface area contributed by atoms with E-state index < -0.39 is 0 Å². The van der Waals surface area contributed by atoms with Crippen LogP contribution < -0.4 is 10.6 Å². The van der Waals surface area contributed by atoms with E-state index in [1.807, 2.05) is 31.2 Å². The van der Waals surface area contributed by atoms with Crippen molar-refractivity contribution in [3.05, 3.63) is 35.6 Å². The smallest absolute Gasteiger partial charge is 0.251 e. The number of carbonyl (C=O) groups is 1. The largest absolute Gasteiger partial charge is 0.461 e. The molecule has 3 atom stereocenters. The van der Waals surface area contributed by atoms with Gasteiger partial charge in [-0.25, -0.2) is 0 Å². The van der Waals surface area contributed by atoms with Gasteiger partial charge in [-0.1, -0.05) is 0 Å². The molecular formula is C16H18N2O2. The van der Waals surface area contributed by atoms with Gasteiger partial charge >= 0.3 is 0 Å². The Kier molecular flexibility index (Phi) is 2.60. The zero-order chi connectivity index (χ0) is 13.7. The molecule has 4 nitrogen and oxygen atoms in total. The summed E-state index contributed by atoms with van der Waals surface area (Å²) in [7, 11) is 0. The number of rotatable bonds is 2. The fourth-order valence-corrected chi connectivity index (χ4v) is 3.55. The van der Waals surface area contributed by atoms with Crippen LogP contribution in [-0.2, 0) is 0 Å². The van der Waals surface area contributed by atoms with Crippen LogP contribution in [0.1, 0.15) is 35.4 Å². The lowest BCUT2D eigenvalue weighted by atomic mass is 9.95. The molecule has 2 fully saturated rings. The van der Waals surface area contributed by atoms with Crippen LogP contribution >= 0.6 is 0 Å². The molecule has 0 aliphatic carbocycles. The monoisotopic (exact) mass is 270 g/mol. The molecule has 0 saturated carbocycles. The maximum atomic E-state index is 12.4. The molecule has 2 bridgehead atoms. The van der Waals surface area contributed by atoms with Gasteiger partial charge in [0.2, 0.25) is 0 Å². The highest BCUT2D eigenvalue weighted by Crippen LogP contribution is 2.28. The molecule has 2 aromatic rings. The third kappa shape index (κ3) is 1.91. The molecule has 0 radical (unpaired) electrons. The first kappa shape index (κ1) is 12.0. The first-order valence-electron chi connectivity index (χ1n) is 7.26. The number of amides is 1. The number of benzene rings is 1. The number of furan rings is 1. The van der Waals surface area contributed by atoms with E-state index in [2.05, 4.69) is 10.6 Å². The van der Waals surface area contributed by atoms with Crippen molar-refractivity contribution in [3.8, 4) is 0 Å². The van der Waals surface area contributed by atoms with E-state index in [-0.39, 0.29) is 11.9 Å². The van der Waals surface area contributed by atoms with Crippen LogP contribution in [0, 0.1) is 6.92 Å². The normalized spacial score (nSPS) is 28.1. The van der Waals surface area contributed by atoms with Gasteiger partial charge in [-0.15, -0.1) is 0 Å². The molecular weight excluding hydrogens is 252 g/mol. The maximum Gasteiger partial charge on any atom is 0.251 e. The van der Waals surface area contributed by atoms with Crippen molar-refractivity contribution >= 4 is 16.9 Å². The summed E-state index contributed by atoms with van der Waals surface area (Å²) in [5.74, 6) is 0.889. The maximum absolute atomic E-state index is 12.4. The quantitative estimate of drug-likeness (QED) is 0.881. The van der Waals surface area contributed by atoms with Crippen LogP contribution in [0.3, 0.4) is 0 Å². The molecule has 1 amide bonds. The van der Waals surface area contributed by atoms with Crippen LogP contribution in [-0.4, -0.2) is 24.0 Å². The van der Waals surface area contributed by atoms with Crippen molar-refractivity contribution in [2.45, 2.75) is 44.3 Å². The Morgan fingerprint density at radius 2 is 2.25 bits per heavy atom. The average molecular weight is 270 g/mol. The number of hydrogen-bond donors (Lipinski definition) is 2. The van der Waals surface area contributed by atoms with Crippen LogP contribution in [0.4, 0.5) is 0 Å². The van der Waals surface area contributed by atoms with Crippen molar-refractivity contribution in [2.24, 2.45) is 0 Å². The fraction of sp³-hybridized carbons (Fsp3) is 0.438. The predicted molar refractivity (Wildman–Crippen MR) is 76.8 cm³/mol. The van der Waals surface area contributed by atoms with Gasteiger partial charge in [-0.3, -0.25) is 4.79 Å². The van der Waals surface area contributed by atoms with Crippen LogP contribution in [0.15, 0.2) is 28.7 Å². The van der Waals surface area contributed by atoms with Crippen molar-refractivity contribution in [1.82, 2.24) is 10.6 Å². The highest BCUT2D eigenvalue weighted by Gasteiger charge is 2.39. The fourth-order valence-electron chi connectivity index (χ4n) is 3.55. The number of hydrogen-bond acceptors (Lipinski definition) is 3. The van der Waals surface area contributed by atoms with Crippen LogP contribution in [0.25, 0.3) is 11.0 Å². The Bertz CT molecular complexity index is 676. The highest BCUT2D eigenvalue weighted by atomic mass is 16.3. The Morgan fingerprint density at radius 3 is 3.00 bits per heavy atom. The standard InChI is InChI=1S/C16H18N2O2/c1-9-6-11-7-10(2-5-15(11)20-9)16(19)18-14-8-12-3-4-13(14)17-12/h2,5-7,12-14,17H,3-4,8H2,1H3,(H,18,19)/t12-,13+,14-/m1/s1. The molecule has 2 aliphatic heterocycles. The lowest BCUT2D eigenvalue weighted by Gasteiger charge is -2.21. The summed E-state index contributed by atoms with van der Waals surface area (Å²) in [6.45, 7) is 1.92. The number of carbonyl (C=O) groups excluding carboxylic acids is 1. The van der Waals surface area contributed by atoms with Crippen LogP contribution in [0.2, 0.25) is 0 Å². The third-order valence-electron chi connectivity index (χ3n) is 4.52. The first-order valence-corrected chi connectivity index (χ1v) is 7.26. The second kappa shape index (κ2) is 4.35. The van der Waals surface area contributed by atoms with E-state index in [0.29, 0.717) is 17.6 Å². The van der Waals surface area contributed by atoms with Gasteiger partial charge in [0.15, 0.2) is 0 Å². The summed E-state index contributed by atoms with van der Waals surface area (Å²) in [6, 6.07) is 8.92. The number of nitrogens with one attached hydrogen (secondary N) is 2. The lowest BCUT2D eigenvalue weighted by Crippen LogP contribution is -2.42. The zero-order valence-corrected chi connectivity index (χ0v) is 11.5. The minimum atomic E-state index is 0.0186. The van der Waals surface area contributed by atoms with E-state index in [0.717, 1.165) is 23.2 Å². The van der Waals surface area contributed by atoms with Gasteiger partial charge in [-0.2, -0.15) is 0 Å². The molecule has 2 saturated heterocycles. The third-order valence-corrected chi connectivity index (χ3v) is 4.52. The van der Waals surface area contributed by atoms with E-state index in [4.69, 9.17) is 4.42 Å². The Hall–Kier alpha value is -1.81. The second-order valence-electron chi connectivity index (χ2n) is 5.97. The van der Waals surface area contributed by atoms with Crippen molar-refractivity contribution < 1.29 is 9.21 Å². The van der Waals surface area contributed by atoms with E-state index >= 15 is 0 Å². The predicted octanol–water partition coefficient (Wildman–Crippen LogP) is 2.36. The summed E-state index contributed by atoms with van der Waals surface area (Å²) in [4.78, 5) is 12.4. The second-order valence-corrected chi connectivity index (χ2v) is 5.97. The van der Waals surface area contributed by atoms with Gasteiger partial charge < -0.3 is 15.1 Å². The highest BCUT2D eigenvalue weighted by molar-refractivity contribution is 5.98. The molecule has 2 N–H and O–H groups in total. The SMILES string of the molecule is Cc1cc2cc(C(=O)N[C@@H]3C[C@H]4CC[C@@H]3N4)ccc2o1. The summed E-state index contributed by atoms with van der Waals surface area (Å²) in [5, 5.41) is 7.69. The van der Waals surface area contributed by atoms with Crippen molar-refractivity contribution in [1.29, 1.82) is 0 Å². The molecule has 4 heteroatoms. The Balaban J connectivity index is 1.54. The van der Waals surface area contributed by atoms with Crippen LogP contribution in [0.5, 0.6) is 0 Å².